The van der Waals surface area contributed by atoms with E-state index in [1.807, 2.05) is 0 Å². The van der Waals surface area contributed by atoms with Gasteiger partial charge in [0.15, 0.2) is 0 Å². The Morgan fingerprint density at radius 1 is 0.886 bits per heavy atom. The highest BCUT2D eigenvalue weighted by molar-refractivity contribution is 7.92. The van der Waals surface area contributed by atoms with Crippen molar-refractivity contribution in [1.29, 1.82) is 0 Å². The lowest BCUT2D eigenvalue weighted by Crippen LogP contribution is -2.27. The molecule has 0 heterocycles. The van der Waals surface area contributed by atoms with Gasteiger partial charge in [-0.3, -0.25) is 14.3 Å². The largest absolute Gasteiger partial charge is 0.506 e. The van der Waals surface area contributed by atoms with Crippen LogP contribution in [0.25, 0.3) is 0 Å². The summed E-state index contributed by atoms with van der Waals surface area (Å²) in [4.78, 5) is 24.9. The van der Waals surface area contributed by atoms with Gasteiger partial charge in [-0.05, 0) is 48.5 Å². The Kier molecular flexibility index (Phi) is 7.35. The number of amides is 2. The number of aromatic hydroxyl groups is 1. The first-order valence-corrected chi connectivity index (χ1v) is 12.1. The maximum absolute atomic E-state index is 12.9. The molecule has 3 rings (SSSR count). The quantitative estimate of drug-likeness (QED) is 0.357. The number of hydrogen-bond acceptors (Lipinski definition) is 6. The number of hydrogen-bond donors (Lipinski definition) is 4. The van der Waals surface area contributed by atoms with Gasteiger partial charge in [-0.2, -0.15) is 0 Å². The van der Waals surface area contributed by atoms with E-state index in [2.05, 4.69) is 15.4 Å². The molecule has 9 nitrogen and oxygen atoms in total. The van der Waals surface area contributed by atoms with Gasteiger partial charge in [-0.1, -0.05) is 39.0 Å². The van der Waals surface area contributed by atoms with E-state index in [9.17, 15) is 23.1 Å². The van der Waals surface area contributed by atoms with E-state index in [1.54, 1.807) is 57.2 Å². The van der Waals surface area contributed by atoms with E-state index in [4.69, 9.17) is 4.74 Å². The van der Waals surface area contributed by atoms with Crippen LogP contribution in [0.1, 0.15) is 31.1 Å². The zero-order valence-corrected chi connectivity index (χ0v) is 20.6. The van der Waals surface area contributed by atoms with Crippen LogP contribution >= 0.6 is 0 Å². The average molecular weight is 498 g/mol. The number of anilines is 3. The van der Waals surface area contributed by atoms with Crippen LogP contribution in [0.5, 0.6) is 11.5 Å². The zero-order chi connectivity index (χ0) is 25.8. The molecule has 0 spiro atoms. The van der Waals surface area contributed by atoms with Crippen molar-refractivity contribution in [1.82, 2.24) is 0 Å². The summed E-state index contributed by atoms with van der Waals surface area (Å²) in [7, 11) is -2.64. The summed E-state index contributed by atoms with van der Waals surface area (Å²) in [5, 5.41) is 15.5. The molecule has 10 heteroatoms. The predicted molar refractivity (Wildman–Crippen MR) is 134 cm³/mol. The lowest BCUT2D eigenvalue weighted by molar-refractivity contribution is -0.123. The van der Waals surface area contributed by atoms with Gasteiger partial charge in [0.25, 0.3) is 15.9 Å². The molecule has 0 radical (unpaired) electrons. The molecule has 3 aromatic rings. The van der Waals surface area contributed by atoms with E-state index in [0.717, 1.165) is 6.07 Å². The van der Waals surface area contributed by atoms with Gasteiger partial charge in [-0.25, -0.2) is 8.42 Å². The third-order valence-corrected chi connectivity index (χ3v) is 6.30. The first kappa shape index (κ1) is 25.6. The minimum atomic E-state index is -4.06. The Morgan fingerprint density at radius 2 is 1.60 bits per heavy atom. The summed E-state index contributed by atoms with van der Waals surface area (Å²) in [6.07, 6.45) is 0. The van der Waals surface area contributed by atoms with Crippen LogP contribution in [0.3, 0.4) is 0 Å². The molecule has 0 bridgehead atoms. The topological polar surface area (TPSA) is 134 Å². The molecule has 0 aliphatic carbocycles. The molecule has 0 fully saturated rings. The van der Waals surface area contributed by atoms with Crippen LogP contribution in [-0.4, -0.2) is 32.4 Å². The van der Waals surface area contributed by atoms with Crippen molar-refractivity contribution in [2.45, 2.75) is 25.7 Å². The summed E-state index contributed by atoms with van der Waals surface area (Å²) >= 11 is 0. The highest BCUT2D eigenvalue weighted by Crippen LogP contribution is 2.30. The summed E-state index contributed by atoms with van der Waals surface area (Å²) in [6, 6.07) is 16.3. The number of rotatable bonds is 7. The van der Waals surface area contributed by atoms with Gasteiger partial charge in [0.05, 0.1) is 23.4 Å². The Labute approximate surface area is 204 Å². The SMILES string of the molecule is COc1ccccc1NS(=O)(=O)c1ccc(O)c(NC(=O)c2cccc(NC(=O)C(C)(C)C)c2)c1. The Balaban J connectivity index is 1.82. The first-order chi connectivity index (χ1) is 16.4. The van der Waals surface area contributed by atoms with Crippen molar-refractivity contribution in [2.75, 3.05) is 22.5 Å². The standard InChI is InChI=1S/C25H27N3O6S/c1-25(2,3)24(31)26-17-9-7-8-16(14-17)23(30)27-20-15-18(12-13-21(20)29)35(32,33)28-19-10-5-6-11-22(19)34-4/h5-15,28-29H,1-4H3,(H,26,31)(H,27,30). The van der Waals surface area contributed by atoms with E-state index in [1.165, 1.54) is 31.4 Å². The van der Waals surface area contributed by atoms with Crippen molar-refractivity contribution in [3.63, 3.8) is 0 Å². The minimum Gasteiger partial charge on any atom is -0.506 e. The predicted octanol–water partition coefficient (Wildman–Crippen LogP) is 4.44. The number of ether oxygens (including phenoxy) is 1. The van der Waals surface area contributed by atoms with Crippen molar-refractivity contribution in [3.05, 3.63) is 72.3 Å². The molecule has 2 amide bonds. The van der Waals surface area contributed by atoms with Gasteiger partial charge in [0.1, 0.15) is 11.5 Å². The number of benzene rings is 3. The number of phenolic OH excluding ortho intramolecular Hbond substituents is 1. The number of carbonyl (C=O) groups is 2. The Morgan fingerprint density at radius 3 is 2.29 bits per heavy atom. The molecule has 3 aromatic carbocycles. The number of sulfonamides is 1. The maximum Gasteiger partial charge on any atom is 0.262 e. The van der Waals surface area contributed by atoms with Crippen molar-refractivity contribution in [2.24, 2.45) is 5.41 Å². The summed E-state index contributed by atoms with van der Waals surface area (Å²) < 4.78 is 33.4. The fraction of sp³-hybridized carbons (Fsp3) is 0.200. The molecule has 184 valence electrons. The second-order valence-electron chi connectivity index (χ2n) is 8.72. The van der Waals surface area contributed by atoms with Crippen molar-refractivity contribution >= 4 is 38.9 Å². The smallest absolute Gasteiger partial charge is 0.262 e. The Bertz CT molecular complexity index is 1360. The lowest BCUT2D eigenvalue weighted by atomic mass is 9.95. The van der Waals surface area contributed by atoms with Gasteiger partial charge in [-0.15, -0.1) is 0 Å². The van der Waals surface area contributed by atoms with Crippen LogP contribution in [0, 0.1) is 5.41 Å². The van der Waals surface area contributed by atoms with Crippen LogP contribution < -0.4 is 20.1 Å². The van der Waals surface area contributed by atoms with Gasteiger partial charge in [0, 0.05) is 16.7 Å². The van der Waals surface area contributed by atoms with Crippen molar-refractivity contribution < 1.29 is 27.9 Å². The molecular formula is C25H27N3O6S. The van der Waals surface area contributed by atoms with E-state index >= 15 is 0 Å². The van der Waals surface area contributed by atoms with Gasteiger partial charge >= 0.3 is 0 Å². The van der Waals surface area contributed by atoms with Gasteiger partial charge < -0.3 is 20.5 Å². The molecule has 0 atom stereocenters. The van der Waals surface area contributed by atoms with Crippen LogP contribution in [-0.2, 0) is 14.8 Å². The number of methoxy groups -OCH3 is 1. The summed E-state index contributed by atoms with van der Waals surface area (Å²) in [5.41, 5.74) is 0.161. The molecule has 0 saturated heterocycles. The first-order valence-electron chi connectivity index (χ1n) is 10.6. The van der Waals surface area contributed by atoms with Crippen molar-refractivity contribution in [3.8, 4) is 11.5 Å². The van der Waals surface area contributed by atoms with Crippen LogP contribution in [0.15, 0.2) is 71.6 Å². The molecule has 0 unspecified atom stereocenters. The molecule has 0 aliphatic rings. The molecule has 4 N–H and O–H groups in total. The molecule has 0 aliphatic heterocycles. The lowest BCUT2D eigenvalue weighted by Gasteiger charge is -2.18. The molecule has 0 aromatic heterocycles. The second-order valence-corrected chi connectivity index (χ2v) is 10.4. The highest BCUT2D eigenvalue weighted by Gasteiger charge is 2.22. The van der Waals surface area contributed by atoms with Crippen LogP contribution in [0.4, 0.5) is 17.1 Å². The number of carbonyl (C=O) groups excluding carboxylic acids is 2. The normalized spacial score (nSPS) is 11.4. The fourth-order valence-corrected chi connectivity index (χ4v) is 4.06. The molecule has 35 heavy (non-hydrogen) atoms. The number of para-hydroxylation sites is 2. The van der Waals surface area contributed by atoms with Gasteiger partial charge in [0.2, 0.25) is 5.91 Å². The maximum atomic E-state index is 12.9. The monoisotopic (exact) mass is 497 g/mol. The number of nitrogens with one attached hydrogen (secondary N) is 3. The second kappa shape index (κ2) is 10.1. The third kappa shape index (κ3) is 6.30. The highest BCUT2D eigenvalue weighted by atomic mass is 32.2. The molecule has 0 saturated carbocycles. The third-order valence-electron chi connectivity index (χ3n) is 4.94. The average Bonchev–Trinajstić information content (AvgIpc) is 2.80. The zero-order valence-electron chi connectivity index (χ0n) is 19.7. The summed E-state index contributed by atoms with van der Waals surface area (Å²) in [5.74, 6) is -0.791. The minimum absolute atomic E-state index is 0.0953. The van der Waals surface area contributed by atoms with E-state index in [-0.39, 0.29) is 33.5 Å². The number of phenols is 1. The van der Waals surface area contributed by atoms with E-state index in [0.29, 0.717) is 11.4 Å². The summed E-state index contributed by atoms with van der Waals surface area (Å²) in [6.45, 7) is 5.31. The fourth-order valence-electron chi connectivity index (χ4n) is 2.97. The van der Waals surface area contributed by atoms with E-state index < -0.39 is 21.3 Å². The molecular weight excluding hydrogens is 470 g/mol. The Hall–Kier alpha value is -4.05. The van der Waals surface area contributed by atoms with Crippen LogP contribution in [0.2, 0.25) is 0 Å².